The number of aliphatic hydroxyl groups is 1. The molecule has 0 saturated carbocycles. The largest absolute Gasteiger partial charge is 0.395 e. The van der Waals surface area contributed by atoms with E-state index < -0.39 is 0 Å². The van der Waals surface area contributed by atoms with Gasteiger partial charge in [-0.3, -0.25) is 4.79 Å². The first-order valence-corrected chi connectivity index (χ1v) is 7.36. The lowest BCUT2D eigenvalue weighted by atomic mass is 10.0. The summed E-state index contributed by atoms with van der Waals surface area (Å²) in [5, 5.41) is 8.81. The molecule has 0 saturated heterocycles. The van der Waals surface area contributed by atoms with Gasteiger partial charge in [-0.05, 0) is 31.9 Å². The van der Waals surface area contributed by atoms with Crippen LogP contribution in [0.3, 0.4) is 0 Å². The Kier molecular flexibility index (Phi) is 6.45. The molecule has 114 valence electrons. The quantitative estimate of drug-likeness (QED) is 0.865. The zero-order valence-corrected chi connectivity index (χ0v) is 13.6. The Bertz CT molecular complexity index is 552. The molecule has 0 heterocycles. The summed E-state index contributed by atoms with van der Waals surface area (Å²) in [6.07, 6.45) is 0.416. The van der Waals surface area contributed by atoms with Crippen molar-refractivity contribution in [2.75, 3.05) is 13.7 Å². The molecular formula is C18H25NO2. The molecular weight excluding hydrogens is 262 g/mol. The van der Waals surface area contributed by atoms with E-state index >= 15 is 0 Å². The summed E-state index contributed by atoms with van der Waals surface area (Å²) in [5.41, 5.74) is 2.40. The number of hydrogen-bond donors (Lipinski definition) is 1. The van der Waals surface area contributed by atoms with Crippen LogP contribution in [0.1, 0.15) is 48.7 Å². The minimum absolute atomic E-state index is 0.00630. The van der Waals surface area contributed by atoms with Gasteiger partial charge >= 0.3 is 0 Å². The molecule has 1 aromatic rings. The van der Waals surface area contributed by atoms with Gasteiger partial charge in [0, 0.05) is 25.1 Å². The lowest BCUT2D eigenvalue weighted by Gasteiger charge is -2.28. The van der Waals surface area contributed by atoms with Crippen LogP contribution in [0, 0.1) is 24.7 Å². The number of nitrogens with zero attached hydrogens (tertiary/aromatic N) is 1. The van der Waals surface area contributed by atoms with E-state index in [2.05, 4.69) is 32.6 Å². The summed E-state index contributed by atoms with van der Waals surface area (Å²) in [4.78, 5) is 14.5. The van der Waals surface area contributed by atoms with E-state index in [1.54, 1.807) is 4.90 Å². The molecule has 0 radical (unpaired) electrons. The minimum atomic E-state index is -0.00630. The summed E-state index contributed by atoms with van der Waals surface area (Å²) in [7, 11) is 1.83. The number of aryl methyl sites for hydroxylation is 1. The summed E-state index contributed by atoms with van der Waals surface area (Å²) >= 11 is 0. The lowest BCUT2D eigenvalue weighted by Crippen LogP contribution is -2.38. The van der Waals surface area contributed by atoms with Crippen LogP contribution in [0.2, 0.25) is 0 Å². The Morgan fingerprint density at radius 3 is 2.57 bits per heavy atom. The van der Waals surface area contributed by atoms with Crippen molar-refractivity contribution in [2.45, 2.75) is 40.2 Å². The Balaban J connectivity index is 3.13. The van der Waals surface area contributed by atoms with Gasteiger partial charge in [-0.25, -0.2) is 0 Å². The van der Waals surface area contributed by atoms with Gasteiger partial charge in [0.25, 0.3) is 5.91 Å². The molecule has 0 aliphatic carbocycles. The van der Waals surface area contributed by atoms with Crippen molar-refractivity contribution in [1.29, 1.82) is 0 Å². The predicted octanol–water partition coefficient (Wildman–Crippen LogP) is 2.85. The van der Waals surface area contributed by atoms with E-state index in [1.165, 1.54) is 0 Å². The molecule has 0 fully saturated rings. The fourth-order valence-corrected chi connectivity index (χ4v) is 1.98. The molecule has 3 nitrogen and oxygen atoms in total. The monoisotopic (exact) mass is 287 g/mol. The summed E-state index contributed by atoms with van der Waals surface area (Å²) in [6.45, 7) is 8.26. The van der Waals surface area contributed by atoms with E-state index in [-0.39, 0.29) is 18.6 Å². The zero-order chi connectivity index (χ0) is 16.0. The number of carbonyl (C=O) groups excluding carboxylic acids is 1. The van der Waals surface area contributed by atoms with Gasteiger partial charge in [0.1, 0.15) is 0 Å². The number of hydrogen-bond acceptors (Lipinski definition) is 2. The third-order valence-electron chi connectivity index (χ3n) is 3.76. The molecule has 1 aromatic carbocycles. The van der Waals surface area contributed by atoms with Crippen molar-refractivity contribution < 1.29 is 9.90 Å². The average Bonchev–Trinajstić information content (AvgIpc) is 2.46. The van der Waals surface area contributed by atoms with Crippen molar-refractivity contribution in [3.8, 4) is 11.8 Å². The van der Waals surface area contributed by atoms with Crippen molar-refractivity contribution in [2.24, 2.45) is 5.92 Å². The van der Waals surface area contributed by atoms with Crippen LogP contribution in [0.15, 0.2) is 18.2 Å². The van der Waals surface area contributed by atoms with Crippen molar-refractivity contribution in [3.63, 3.8) is 0 Å². The van der Waals surface area contributed by atoms with Gasteiger partial charge in [-0.2, -0.15) is 0 Å². The second-order valence-corrected chi connectivity index (χ2v) is 5.73. The summed E-state index contributed by atoms with van der Waals surface area (Å²) in [6, 6.07) is 5.87. The van der Waals surface area contributed by atoms with Gasteiger partial charge in [-0.15, -0.1) is 0 Å². The molecule has 21 heavy (non-hydrogen) atoms. The topological polar surface area (TPSA) is 40.5 Å². The van der Waals surface area contributed by atoms with E-state index in [0.717, 1.165) is 11.1 Å². The molecule has 0 aromatic heterocycles. The summed E-state index contributed by atoms with van der Waals surface area (Å²) in [5.74, 6) is 6.26. The fraction of sp³-hybridized carbons (Fsp3) is 0.500. The lowest BCUT2D eigenvalue weighted by molar-refractivity contribution is 0.0706. The van der Waals surface area contributed by atoms with Gasteiger partial charge < -0.3 is 10.0 Å². The normalized spacial score (nSPS) is 11.8. The summed E-state index contributed by atoms with van der Waals surface area (Å²) < 4.78 is 0. The molecule has 1 unspecified atom stereocenters. The van der Waals surface area contributed by atoms with E-state index in [1.807, 2.05) is 32.2 Å². The van der Waals surface area contributed by atoms with Gasteiger partial charge in [0.15, 0.2) is 0 Å². The Hall–Kier alpha value is -1.79. The minimum Gasteiger partial charge on any atom is -0.395 e. The molecule has 1 amide bonds. The van der Waals surface area contributed by atoms with Crippen LogP contribution in [0.5, 0.6) is 0 Å². The van der Waals surface area contributed by atoms with Crippen LogP contribution in [0.25, 0.3) is 0 Å². The Morgan fingerprint density at radius 1 is 1.33 bits per heavy atom. The molecule has 1 N–H and O–H groups in total. The molecule has 0 spiro atoms. The third kappa shape index (κ3) is 4.61. The maximum absolute atomic E-state index is 12.7. The Morgan fingerprint density at radius 2 is 2.00 bits per heavy atom. The highest BCUT2D eigenvalue weighted by molar-refractivity contribution is 5.97. The standard InChI is InChI=1S/C18H25NO2/c1-13(2)15(4)19(5)18(21)17-12-14(3)9-10-16(17)8-6-7-11-20/h9-10,12-13,15,20H,7,11H2,1-5H3. The number of benzene rings is 1. The van der Waals surface area contributed by atoms with Gasteiger partial charge in [0.2, 0.25) is 0 Å². The molecule has 1 rings (SSSR count). The first-order valence-electron chi connectivity index (χ1n) is 7.36. The first kappa shape index (κ1) is 17.3. The number of aliphatic hydroxyl groups excluding tert-OH is 1. The van der Waals surface area contributed by atoms with Crippen molar-refractivity contribution in [3.05, 3.63) is 34.9 Å². The highest BCUT2D eigenvalue weighted by atomic mass is 16.2. The fourth-order valence-electron chi connectivity index (χ4n) is 1.98. The van der Waals surface area contributed by atoms with Crippen molar-refractivity contribution in [1.82, 2.24) is 4.90 Å². The van der Waals surface area contributed by atoms with Crippen LogP contribution in [0.4, 0.5) is 0 Å². The highest BCUT2D eigenvalue weighted by Crippen LogP contribution is 2.17. The molecule has 0 bridgehead atoms. The SMILES string of the molecule is Cc1ccc(C#CCCO)c(C(=O)N(C)C(C)C(C)C)c1. The highest BCUT2D eigenvalue weighted by Gasteiger charge is 2.21. The molecule has 0 aliphatic rings. The maximum atomic E-state index is 12.7. The van der Waals surface area contributed by atoms with Gasteiger partial charge in [-0.1, -0.05) is 37.3 Å². The van der Waals surface area contributed by atoms with Crippen LogP contribution in [-0.2, 0) is 0 Å². The predicted molar refractivity (Wildman–Crippen MR) is 86.2 cm³/mol. The molecule has 0 aliphatic heterocycles. The number of carbonyl (C=O) groups is 1. The van der Waals surface area contributed by atoms with Gasteiger partial charge in [0.05, 0.1) is 12.2 Å². The molecule has 1 atom stereocenters. The zero-order valence-electron chi connectivity index (χ0n) is 13.6. The molecule has 3 heteroatoms. The second kappa shape index (κ2) is 7.85. The first-order chi connectivity index (χ1) is 9.88. The number of rotatable bonds is 4. The third-order valence-corrected chi connectivity index (χ3v) is 3.76. The smallest absolute Gasteiger partial charge is 0.255 e. The average molecular weight is 287 g/mol. The van der Waals surface area contributed by atoms with Crippen molar-refractivity contribution >= 4 is 5.91 Å². The van der Waals surface area contributed by atoms with E-state index in [9.17, 15) is 4.79 Å². The van der Waals surface area contributed by atoms with E-state index in [0.29, 0.717) is 17.9 Å². The van der Waals surface area contributed by atoms with Crippen LogP contribution in [-0.4, -0.2) is 35.6 Å². The Labute approximate surface area is 128 Å². The van der Waals surface area contributed by atoms with E-state index in [4.69, 9.17) is 5.11 Å². The van der Waals surface area contributed by atoms with Crippen LogP contribution < -0.4 is 0 Å². The number of amides is 1. The second-order valence-electron chi connectivity index (χ2n) is 5.73. The van der Waals surface area contributed by atoms with Crippen LogP contribution >= 0.6 is 0 Å². The maximum Gasteiger partial charge on any atom is 0.255 e.